The van der Waals surface area contributed by atoms with E-state index >= 15 is 0 Å². The van der Waals surface area contributed by atoms with E-state index in [1.54, 1.807) is 31.4 Å². The van der Waals surface area contributed by atoms with Crippen molar-refractivity contribution < 1.29 is 14.2 Å². The lowest BCUT2D eigenvalue weighted by Crippen LogP contribution is -2.35. The third kappa shape index (κ3) is 3.57. The van der Waals surface area contributed by atoms with Crippen molar-refractivity contribution in [3.8, 4) is 17.1 Å². The van der Waals surface area contributed by atoms with Gasteiger partial charge in [-0.15, -0.1) is 0 Å². The molecule has 1 aliphatic rings. The number of phenolic OH excluding ortho intramolecular Hbond substituents is 1. The molecule has 1 aromatic heterocycles. The number of hydrogen-bond acceptors (Lipinski definition) is 5. The number of rotatable bonds is 4. The molecular formula is C21H22FN3O2. The Balaban J connectivity index is 1.78. The highest BCUT2D eigenvalue weighted by Gasteiger charge is 2.23. The summed E-state index contributed by atoms with van der Waals surface area (Å²) >= 11 is 0. The first kappa shape index (κ1) is 17.7. The fourth-order valence-corrected chi connectivity index (χ4v) is 3.66. The van der Waals surface area contributed by atoms with Gasteiger partial charge in [-0.2, -0.15) is 0 Å². The quantitative estimate of drug-likeness (QED) is 0.755. The van der Waals surface area contributed by atoms with Gasteiger partial charge >= 0.3 is 0 Å². The van der Waals surface area contributed by atoms with Crippen molar-refractivity contribution in [2.75, 3.05) is 31.7 Å². The third-order valence-electron chi connectivity index (χ3n) is 5.10. The van der Waals surface area contributed by atoms with Gasteiger partial charge in [0.25, 0.3) is 0 Å². The van der Waals surface area contributed by atoms with Crippen molar-refractivity contribution >= 4 is 16.7 Å². The smallest absolute Gasteiger partial charge is 0.165 e. The standard InChI is InChI=1S/C21H22FN3O2/c1-27-13-14-8-10-25(11-9-14)21-17-12-15(22)6-7-18(17)23-20(24-21)16-4-2-3-5-19(16)26/h2-7,12,14,26H,8-11,13H2,1H3. The van der Waals surface area contributed by atoms with Crippen LogP contribution in [0.25, 0.3) is 22.3 Å². The number of aromatic hydroxyl groups is 1. The number of para-hydroxylation sites is 1. The lowest BCUT2D eigenvalue weighted by Gasteiger charge is -2.33. The summed E-state index contributed by atoms with van der Waals surface area (Å²) in [5, 5.41) is 10.9. The van der Waals surface area contributed by atoms with Crippen LogP contribution in [0.15, 0.2) is 42.5 Å². The van der Waals surface area contributed by atoms with Gasteiger partial charge in [0.1, 0.15) is 17.4 Å². The van der Waals surface area contributed by atoms with E-state index < -0.39 is 0 Å². The zero-order chi connectivity index (χ0) is 18.8. The number of aromatic nitrogens is 2. The summed E-state index contributed by atoms with van der Waals surface area (Å²) in [4.78, 5) is 11.5. The first-order valence-corrected chi connectivity index (χ1v) is 9.15. The SMILES string of the molecule is COCC1CCN(c2nc(-c3ccccc3O)nc3ccc(F)cc23)CC1. The molecule has 6 heteroatoms. The minimum atomic E-state index is -0.308. The topological polar surface area (TPSA) is 58.5 Å². The van der Waals surface area contributed by atoms with Crippen LogP contribution in [0.1, 0.15) is 12.8 Å². The van der Waals surface area contributed by atoms with Gasteiger partial charge in [0.05, 0.1) is 11.1 Å². The van der Waals surface area contributed by atoms with E-state index in [1.165, 1.54) is 12.1 Å². The minimum Gasteiger partial charge on any atom is -0.507 e. The lowest BCUT2D eigenvalue weighted by atomic mass is 9.97. The predicted molar refractivity (Wildman–Crippen MR) is 103 cm³/mol. The van der Waals surface area contributed by atoms with Crippen LogP contribution in [0.2, 0.25) is 0 Å². The van der Waals surface area contributed by atoms with Gasteiger partial charge in [0.15, 0.2) is 5.82 Å². The first-order chi connectivity index (χ1) is 13.2. The van der Waals surface area contributed by atoms with Crippen LogP contribution in [0.3, 0.4) is 0 Å². The highest BCUT2D eigenvalue weighted by atomic mass is 19.1. The second-order valence-electron chi connectivity index (χ2n) is 6.94. The molecule has 3 aromatic rings. The number of ether oxygens (including phenoxy) is 1. The number of halogens is 1. The number of nitrogens with zero attached hydrogens (tertiary/aromatic N) is 3. The molecule has 0 bridgehead atoms. The van der Waals surface area contributed by atoms with Gasteiger partial charge < -0.3 is 14.7 Å². The molecule has 2 heterocycles. The molecule has 0 amide bonds. The summed E-state index contributed by atoms with van der Waals surface area (Å²) in [5.74, 6) is 1.52. The van der Waals surface area contributed by atoms with Crippen LogP contribution in [-0.2, 0) is 4.74 Å². The van der Waals surface area contributed by atoms with Crippen LogP contribution in [0, 0.1) is 11.7 Å². The average molecular weight is 367 g/mol. The lowest BCUT2D eigenvalue weighted by molar-refractivity contribution is 0.139. The molecule has 0 saturated carbocycles. The van der Waals surface area contributed by atoms with Crippen LogP contribution in [-0.4, -0.2) is 41.9 Å². The van der Waals surface area contributed by atoms with Crippen LogP contribution < -0.4 is 4.90 Å². The summed E-state index contributed by atoms with van der Waals surface area (Å²) in [7, 11) is 1.73. The maximum Gasteiger partial charge on any atom is 0.165 e. The maximum absolute atomic E-state index is 13.9. The largest absolute Gasteiger partial charge is 0.507 e. The van der Waals surface area contributed by atoms with Crippen LogP contribution in [0.5, 0.6) is 5.75 Å². The molecule has 1 saturated heterocycles. The van der Waals surface area contributed by atoms with Gasteiger partial charge in [-0.3, -0.25) is 0 Å². The van der Waals surface area contributed by atoms with Crippen LogP contribution >= 0.6 is 0 Å². The maximum atomic E-state index is 13.9. The molecule has 0 aliphatic carbocycles. The molecule has 1 aliphatic heterocycles. The molecule has 140 valence electrons. The summed E-state index contributed by atoms with van der Waals surface area (Å²) in [6.07, 6.45) is 2.00. The zero-order valence-electron chi connectivity index (χ0n) is 15.2. The zero-order valence-corrected chi connectivity index (χ0v) is 15.2. The van der Waals surface area contributed by atoms with Gasteiger partial charge in [0, 0.05) is 32.2 Å². The van der Waals surface area contributed by atoms with E-state index in [1.807, 2.05) is 6.07 Å². The van der Waals surface area contributed by atoms with Crippen molar-refractivity contribution in [1.29, 1.82) is 0 Å². The van der Waals surface area contributed by atoms with E-state index in [-0.39, 0.29) is 11.6 Å². The number of piperidine rings is 1. The Bertz CT molecular complexity index is 955. The fraction of sp³-hybridized carbons (Fsp3) is 0.333. The second-order valence-corrected chi connectivity index (χ2v) is 6.94. The number of hydrogen-bond donors (Lipinski definition) is 1. The van der Waals surface area contributed by atoms with Crippen LogP contribution in [0.4, 0.5) is 10.2 Å². The predicted octanol–water partition coefficient (Wildman–Crippen LogP) is 4.00. The molecular weight excluding hydrogens is 345 g/mol. The Kier molecular flexibility index (Phi) is 4.90. The molecule has 0 unspecified atom stereocenters. The highest BCUT2D eigenvalue weighted by molar-refractivity contribution is 5.91. The Morgan fingerprint density at radius 2 is 1.93 bits per heavy atom. The molecule has 2 aromatic carbocycles. The molecule has 1 N–H and O–H groups in total. The summed E-state index contributed by atoms with van der Waals surface area (Å²) < 4.78 is 19.2. The summed E-state index contributed by atoms with van der Waals surface area (Å²) in [5.41, 5.74) is 1.23. The molecule has 0 radical (unpaired) electrons. The van der Waals surface area contributed by atoms with E-state index in [0.29, 0.717) is 34.0 Å². The van der Waals surface area contributed by atoms with Gasteiger partial charge in [-0.25, -0.2) is 14.4 Å². The molecule has 5 nitrogen and oxygen atoms in total. The van der Waals surface area contributed by atoms with E-state index in [4.69, 9.17) is 9.72 Å². The van der Waals surface area contributed by atoms with Gasteiger partial charge in [-0.05, 0) is 49.1 Å². The number of benzene rings is 2. The molecule has 1 fully saturated rings. The Labute approximate surface area is 157 Å². The molecule has 27 heavy (non-hydrogen) atoms. The van der Waals surface area contributed by atoms with Crippen molar-refractivity contribution in [2.24, 2.45) is 5.92 Å². The van der Waals surface area contributed by atoms with Crippen molar-refractivity contribution in [3.63, 3.8) is 0 Å². The average Bonchev–Trinajstić information content (AvgIpc) is 2.68. The van der Waals surface area contributed by atoms with Gasteiger partial charge in [0.2, 0.25) is 0 Å². The first-order valence-electron chi connectivity index (χ1n) is 9.15. The summed E-state index contributed by atoms with van der Waals surface area (Å²) in [6, 6.07) is 11.5. The molecule has 0 spiro atoms. The third-order valence-corrected chi connectivity index (χ3v) is 5.10. The molecule has 4 rings (SSSR count). The normalized spacial score (nSPS) is 15.4. The minimum absolute atomic E-state index is 0.128. The fourth-order valence-electron chi connectivity index (χ4n) is 3.66. The van der Waals surface area contributed by atoms with E-state index in [0.717, 1.165) is 32.5 Å². The Morgan fingerprint density at radius 1 is 1.15 bits per heavy atom. The van der Waals surface area contributed by atoms with Crippen molar-refractivity contribution in [3.05, 3.63) is 48.3 Å². The molecule has 0 atom stereocenters. The number of methoxy groups -OCH3 is 1. The highest BCUT2D eigenvalue weighted by Crippen LogP contribution is 2.33. The number of phenols is 1. The number of fused-ring (bicyclic) bond motifs is 1. The van der Waals surface area contributed by atoms with Crippen molar-refractivity contribution in [2.45, 2.75) is 12.8 Å². The Hall–Kier alpha value is -2.73. The second kappa shape index (κ2) is 7.48. The van der Waals surface area contributed by atoms with Gasteiger partial charge in [-0.1, -0.05) is 12.1 Å². The van der Waals surface area contributed by atoms with E-state index in [9.17, 15) is 9.50 Å². The summed E-state index contributed by atoms with van der Waals surface area (Å²) in [6.45, 7) is 2.42. The van der Waals surface area contributed by atoms with Crippen molar-refractivity contribution in [1.82, 2.24) is 9.97 Å². The monoisotopic (exact) mass is 367 g/mol. The Morgan fingerprint density at radius 3 is 2.67 bits per heavy atom. The van der Waals surface area contributed by atoms with E-state index in [2.05, 4.69) is 9.88 Å². The number of anilines is 1.